The highest BCUT2D eigenvalue weighted by atomic mass is 32.2. The van der Waals surface area contributed by atoms with Gasteiger partial charge in [-0.05, 0) is 54.8 Å². The van der Waals surface area contributed by atoms with Gasteiger partial charge in [0.15, 0.2) is 5.69 Å². The van der Waals surface area contributed by atoms with E-state index in [0.717, 1.165) is 10.6 Å². The standard InChI is InChI=1S/C22H25N5O3S2/c1-14-7-8-32-20(14)13-26-11-16(27-12-18(24-25-27)22(29)30-2)10-19(26)21(28)23-15-5-4-6-17(9-15)31-3/h4-9,12,16,19H,10-11,13H2,1-3H3,(H,23,28)/t16-,19-/m0/s1. The third-order valence-electron chi connectivity index (χ3n) is 5.62. The molecule has 0 aliphatic carbocycles. The summed E-state index contributed by atoms with van der Waals surface area (Å²) in [7, 11) is 1.31. The van der Waals surface area contributed by atoms with Crippen LogP contribution in [0, 0.1) is 6.92 Å². The Kier molecular flexibility index (Phi) is 6.92. The molecule has 2 atom stereocenters. The molecular formula is C22H25N5O3S2. The van der Waals surface area contributed by atoms with E-state index in [4.69, 9.17) is 4.74 Å². The Labute approximate surface area is 194 Å². The van der Waals surface area contributed by atoms with E-state index in [0.29, 0.717) is 19.5 Å². The van der Waals surface area contributed by atoms with Gasteiger partial charge in [0.1, 0.15) is 0 Å². The van der Waals surface area contributed by atoms with Gasteiger partial charge in [0.05, 0.1) is 25.4 Å². The first-order chi connectivity index (χ1) is 15.5. The number of nitrogens with one attached hydrogen (secondary N) is 1. The van der Waals surface area contributed by atoms with Crippen molar-refractivity contribution in [2.24, 2.45) is 0 Å². The van der Waals surface area contributed by atoms with Gasteiger partial charge in [-0.25, -0.2) is 9.48 Å². The fourth-order valence-corrected chi connectivity index (χ4v) is 5.24. The minimum absolute atomic E-state index is 0.0479. The fraction of sp³-hybridized carbons (Fsp3) is 0.364. The van der Waals surface area contributed by atoms with Crippen LogP contribution < -0.4 is 5.32 Å². The van der Waals surface area contributed by atoms with Crippen molar-refractivity contribution < 1.29 is 14.3 Å². The first kappa shape index (κ1) is 22.5. The molecule has 0 bridgehead atoms. The summed E-state index contributed by atoms with van der Waals surface area (Å²) in [6.45, 7) is 3.40. The Bertz CT molecular complexity index is 1110. The number of anilines is 1. The van der Waals surface area contributed by atoms with Crippen molar-refractivity contribution in [2.75, 3.05) is 25.2 Å². The topological polar surface area (TPSA) is 89.4 Å². The molecule has 3 aromatic rings. The highest BCUT2D eigenvalue weighted by Gasteiger charge is 2.38. The van der Waals surface area contributed by atoms with E-state index in [1.165, 1.54) is 17.6 Å². The van der Waals surface area contributed by atoms with Crippen LogP contribution in [0.3, 0.4) is 0 Å². The van der Waals surface area contributed by atoms with Crippen molar-refractivity contribution in [3.05, 3.63) is 58.0 Å². The third kappa shape index (κ3) is 4.87. The molecule has 8 nitrogen and oxygen atoms in total. The van der Waals surface area contributed by atoms with Gasteiger partial charge in [-0.2, -0.15) is 0 Å². The minimum Gasteiger partial charge on any atom is -0.464 e. The lowest BCUT2D eigenvalue weighted by Crippen LogP contribution is -2.39. The molecule has 1 aromatic carbocycles. The van der Waals surface area contributed by atoms with E-state index >= 15 is 0 Å². The number of hydrogen-bond acceptors (Lipinski definition) is 8. The summed E-state index contributed by atoms with van der Waals surface area (Å²) in [6.07, 6.45) is 4.17. The Morgan fingerprint density at radius 3 is 2.91 bits per heavy atom. The smallest absolute Gasteiger partial charge is 0.360 e. The summed E-state index contributed by atoms with van der Waals surface area (Å²) < 4.78 is 6.40. The zero-order valence-corrected chi connectivity index (χ0v) is 19.8. The number of methoxy groups -OCH3 is 1. The van der Waals surface area contributed by atoms with E-state index in [-0.39, 0.29) is 23.7 Å². The predicted octanol–water partition coefficient (Wildman–Crippen LogP) is 3.61. The largest absolute Gasteiger partial charge is 0.464 e. The predicted molar refractivity (Wildman–Crippen MR) is 125 cm³/mol. The summed E-state index contributed by atoms with van der Waals surface area (Å²) in [5.41, 5.74) is 2.17. The second-order valence-electron chi connectivity index (χ2n) is 7.66. The molecule has 10 heteroatoms. The summed E-state index contributed by atoms with van der Waals surface area (Å²) >= 11 is 3.33. The number of hydrogen-bond donors (Lipinski definition) is 1. The number of aryl methyl sites for hydroxylation is 1. The average Bonchev–Trinajstić information content (AvgIpc) is 3.54. The van der Waals surface area contributed by atoms with Crippen LogP contribution in [-0.2, 0) is 16.1 Å². The van der Waals surface area contributed by atoms with Crippen molar-refractivity contribution in [3.63, 3.8) is 0 Å². The fourth-order valence-electron chi connectivity index (χ4n) is 3.85. The lowest BCUT2D eigenvalue weighted by Gasteiger charge is -2.23. The average molecular weight is 472 g/mol. The molecule has 0 saturated carbocycles. The summed E-state index contributed by atoms with van der Waals surface area (Å²) in [5.74, 6) is -0.573. The van der Waals surface area contributed by atoms with Gasteiger partial charge in [-0.1, -0.05) is 11.3 Å². The number of thioether (sulfide) groups is 1. The molecule has 1 fully saturated rings. The van der Waals surface area contributed by atoms with Crippen LogP contribution in [0.5, 0.6) is 0 Å². The van der Waals surface area contributed by atoms with Crippen LogP contribution in [-0.4, -0.2) is 57.7 Å². The van der Waals surface area contributed by atoms with Crippen molar-refractivity contribution in [3.8, 4) is 0 Å². The van der Waals surface area contributed by atoms with Gasteiger partial charge in [0.2, 0.25) is 5.91 Å². The van der Waals surface area contributed by atoms with Gasteiger partial charge >= 0.3 is 5.97 Å². The number of carbonyl (C=O) groups is 2. The van der Waals surface area contributed by atoms with Gasteiger partial charge in [0.25, 0.3) is 0 Å². The van der Waals surface area contributed by atoms with Gasteiger partial charge in [0, 0.05) is 28.5 Å². The van der Waals surface area contributed by atoms with Crippen LogP contribution in [0.15, 0.2) is 46.8 Å². The van der Waals surface area contributed by atoms with Crippen LogP contribution in [0.25, 0.3) is 0 Å². The SMILES string of the molecule is COC(=O)c1cn([C@H]2C[C@@H](C(=O)Nc3cccc(SC)c3)N(Cc3sccc3C)C2)nn1. The van der Waals surface area contributed by atoms with Gasteiger partial charge < -0.3 is 10.1 Å². The molecule has 0 unspecified atom stereocenters. The monoisotopic (exact) mass is 471 g/mol. The Morgan fingerprint density at radius 1 is 1.34 bits per heavy atom. The number of benzene rings is 1. The number of rotatable bonds is 7. The Balaban J connectivity index is 1.55. The molecular weight excluding hydrogens is 446 g/mol. The van der Waals surface area contributed by atoms with Crippen molar-refractivity contribution in [1.29, 1.82) is 0 Å². The number of aromatic nitrogens is 3. The number of esters is 1. The van der Waals surface area contributed by atoms with Gasteiger partial charge in [-0.3, -0.25) is 9.69 Å². The van der Waals surface area contributed by atoms with E-state index in [1.54, 1.807) is 34.0 Å². The van der Waals surface area contributed by atoms with Crippen molar-refractivity contribution in [2.45, 2.75) is 36.9 Å². The molecule has 0 radical (unpaired) electrons. The number of nitrogens with zero attached hydrogens (tertiary/aromatic N) is 4. The highest BCUT2D eigenvalue weighted by Crippen LogP contribution is 2.31. The zero-order valence-electron chi connectivity index (χ0n) is 18.1. The lowest BCUT2D eigenvalue weighted by molar-refractivity contribution is -0.120. The first-order valence-electron chi connectivity index (χ1n) is 10.2. The minimum atomic E-state index is -0.525. The summed E-state index contributed by atoms with van der Waals surface area (Å²) in [4.78, 5) is 29.6. The molecule has 0 spiro atoms. The normalized spacial score (nSPS) is 18.6. The van der Waals surface area contributed by atoms with Crippen LogP contribution in [0.2, 0.25) is 0 Å². The van der Waals surface area contributed by atoms with E-state index < -0.39 is 5.97 Å². The number of likely N-dealkylation sites (tertiary alicyclic amines) is 1. The molecule has 3 heterocycles. The first-order valence-corrected chi connectivity index (χ1v) is 12.3. The second-order valence-corrected chi connectivity index (χ2v) is 9.54. The number of thiophene rings is 1. The van der Waals surface area contributed by atoms with Crippen LogP contribution >= 0.6 is 23.1 Å². The molecule has 1 aliphatic heterocycles. The maximum atomic E-state index is 13.3. The molecule has 1 N–H and O–H groups in total. The summed E-state index contributed by atoms with van der Waals surface area (Å²) in [5, 5.41) is 13.2. The number of ether oxygens (including phenoxy) is 1. The zero-order chi connectivity index (χ0) is 22.7. The molecule has 1 amide bonds. The van der Waals surface area contributed by atoms with E-state index in [1.807, 2.05) is 30.5 Å². The quantitative estimate of drug-likeness (QED) is 0.416. The maximum Gasteiger partial charge on any atom is 0.360 e. The van der Waals surface area contributed by atoms with Crippen molar-refractivity contribution in [1.82, 2.24) is 19.9 Å². The lowest BCUT2D eigenvalue weighted by atomic mass is 10.1. The second kappa shape index (κ2) is 9.85. The Morgan fingerprint density at radius 2 is 2.19 bits per heavy atom. The van der Waals surface area contributed by atoms with Crippen LogP contribution in [0.4, 0.5) is 5.69 Å². The van der Waals surface area contributed by atoms with Crippen LogP contribution in [0.1, 0.15) is 33.4 Å². The molecule has 2 aromatic heterocycles. The number of carbonyl (C=O) groups excluding carboxylic acids is 2. The molecule has 1 aliphatic rings. The molecule has 1 saturated heterocycles. The van der Waals surface area contributed by atoms with Gasteiger partial charge in [-0.15, -0.1) is 28.2 Å². The highest BCUT2D eigenvalue weighted by molar-refractivity contribution is 7.98. The third-order valence-corrected chi connectivity index (χ3v) is 7.35. The van der Waals surface area contributed by atoms with E-state index in [2.05, 4.69) is 38.9 Å². The molecule has 168 valence electrons. The number of amides is 1. The maximum absolute atomic E-state index is 13.3. The summed E-state index contributed by atoms with van der Waals surface area (Å²) in [6, 6.07) is 9.52. The Hall–Kier alpha value is -2.69. The molecule has 4 rings (SSSR count). The molecule has 32 heavy (non-hydrogen) atoms. The van der Waals surface area contributed by atoms with E-state index in [9.17, 15) is 9.59 Å². The van der Waals surface area contributed by atoms with Crippen molar-refractivity contribution >= 4 is 40.7 Å².